The van der Waals surface area contributed by atoms with Crippen LogP contribution in [0.5, 0.6) is 0 Å². The number of likely N-dealkylation sites (N-methyl/N-ethyl adjacent to an activating group) is 2. The highest BCUT2D eigenvalue weighted by Crippen LogP contribution is 2.35. The molecule has 7 aliphatic rings. The Bertz CT molecular complexity index is 1230. The lowest BCUT2D eigenvalue weighted by molar-refractivity contribution is -0.174. The van der Waals surface area contributed by atoms with E-state index < -0.39 is 12.1 Å². The van der Waals surface area contributed by atoms with Gasteiger partial charge in [-0.15, -0.1) is 0 Å². The minimum absolute atomic E-state index is 0.0618. The molecule has 16 nitrogen and oxygen atoms in total. The maximum atomic E-state index is 12.5. The van der Waals surface area contributed by atoms with Crippen LogP contribution in [0.2, 0.25) is 0 Å². The molecule has 2 N–H and O–H groups in total. The first-order valence-corrected chi connectivity index (χ1v) is 15.9. The van der Waals surface area contributed by atoms with Gasteiger partial charge in [0.2, 0.25) is 47.3 Å². The van der Waals surface area contributed by atoms with Gasteiger partial charge in [-0.1, -0.05) is 13.8 Å². The van der Waals surface area contributed by atoms with Gasteiger partial charge in [0.1, 0.15) is 49.3 Å². The number of piperazine rings is 5. The largest absolute Gasteiger partial charge is 0.343 e. The molecule has 0 aromatic carbocycles. The van der Waals surface area contributed by atoms with Crippen LogP contribution in [0.1, 0.15) is 40.5 Å². The molecule has 7 rings (SSSR count). The smallest absolute Gasteiger partial charge is 0.248 e. The van der Waals surface area contributed by atoms with E-state index in [0.29, 0.717) is 11.8 Å². The molecule has 0 aliphatic carbocycles. The van der Waals surface area contributed by atoms with Crippen molar-refractivity contribution in [1.29, 1.82) is 0 Å². The monoisotopic (exact) mass is 644 g/mol. The second-order valence-corrected chi connectivity index (χ2v) is 13.7. The van der Waals surface area contributed by atoms with Gasteiger partial charge in [-0.2, -0.15) is 0 Å². The van der Waals surface area contributed by atoms with Gasteiger partial charge >= 0.3 is 0 Å². The number of rotatable bonds is 0. The van der Waals surface area contributed by atoms with Gasteiger partial charge in [0.05, 0.1) is 0 Å². The molecular formula is C30H44N8O8. The fraction of sp³-hybridized carbons (Fsp3) is 0.733. The number of carbonyl (C=O) groups excluding carboxylic acids is 8. The molecule has 252 valence electrons. The Hall–Kier alpha value is -4.24. The summed E-state index contributed by atoms with van der Waals surface area (Å²) in [5.74, 6) is 0.263. The van der Waals surface area contributed by atoms with Crippen LogP contribution < -0.4 is 10.6 Å². The van der Waals surface area contributed by atoms with Gasteiger partial charge in [0.25, 0.3) is 0 Å². The van der Waals surface area contributed by atoms with Crippen LogP contribution in [0.3, 0.4) is 0 Å². The molecule has 0 spiro atoms. The van der Waals surface area contributed by atoms with Crippen molar-refractivity contribution < 1.29 is 38.4 Å². The predicted octanol–water partition coefficient (Wildman–Crippen LogP) is -3.18. The molecule has 7 aliphatic heterocycles. The van der Waals surface area contributed by atoms with E-state index in [1.165, 1.54) is 19.6 Å². The summed E-state index contributed by atoms with van der Waals surface area (Å²) in [4.78, 5) is 104. The molecule has 8 atom stereocenters. The van der Waals surface area contributed by atoms with Crippen molar-refractivity contribution in [2.45, 2.75) is 76.8 Å². The Balaban J connectivity index is 0.000000144. The van der Waals surface area contributed by atoms with Gasteiger partial charge in [-0.25, -0.2) is 0 Å². The second kappa shape index (κ2) is 12.5. The van der Waals surface area contributed by atoms with Crippen LogP contribution in [0.25, 0.3) is 0 Å². The summed E-state index contributed by atoms with van der Waals surface area (Å²) in [6, 6.07) is -2.38. The summed E-state index contributed by atoms with van der Waals surface area (Å²) in [6.45, 7) is 9.34. The van der Waals surface area contributed by atoms with E-state index in [1.807, 2.05) is 9.80 Å². The zero-order valence-corrected chi connectivity index (χ0v) is 27.2. The fourth-order valence-corrected chi connectivity index (χ4v) is 7.18. The highest BCUT2D eigenvalue weighted by Gasteiger charge is 2.53. The first-order valence-electron chi connectivity index (χ1n) is 15.9. The summed E-state index contributed by atoms with van der Waals surface area (Å²) in [5.41, 5.74) is 0. The van der Waals surface area contributed by atoms with E-state index in [9.17, 15) is 38.4 Å². The lowest BCUT2D eigenvalue weighted by Crippen LogP contribution is -2.74. The summed E-state index contributed by atoms with van der Waals surface area (Å²) in [7, 11) is 3.22. The quantitative estimate of drug-likeness (QED) is 0.277. The molecule has 7 heterocycles. The van der Waals surface area contributed by atoms with Crippen LogP contribution in [0.4, 0.5) is 0 Å². The van der Waals surface area contributed by atoms with Crippen molar-refractivity contribution in [2.24, 2.45) is 11.8 Å². The maximum Gasteiger partial charge on any atom is 0.248 e. The minimum Gasteiger partial charge on any atom is -0.343 e. The third-order valence-corrected chi connectivity index (χ3v) is 9.91. The average Bonchev–Trinajstić information content (AvgIpc) is 3.59. The molecule has 16 heteroatoms. The molecule has 8 amide bonds. The van der Waals surface area contributed by atoms with Crippen molar-refractivity contribution >= 4 is 47.3 Å². The van der Waals surface area contributed by atoms with E-state index >= 15 is 0 Å². The maximum absolute atomic E-state index is 12.5. The lowest BCUT2D eigenvalue weighted by atomic mass is 9.99. The number of fused-ring (bicyclic) bond motifs is 4. The van der Waals surface area contributed by atoms with Crippen LogP contribution in [-0.2, 0) is 38.4 Å². The predicted molar refractivity (Wildman–Crippen MR) is 160 cm³/mol. The first-order chi connectivity index (χ1) is 21.6. The third-order valence-electron chi connectivity index (χ3n) is 9.91. The number of hydrogen-bond donors (Lipinski definition) is 2. The lowest BCUT2D eigenvalue weighted by Gasteiger charge is -2.50. The van der Waals surface area contributed by atoms with Gasteiger partial charge in [-0.3, -0.25) is 38.4 Å². The highest BCUT2D eigenvalue weighted by atomic mass is 16.2. The van der Waals surface area contributed by atoms with Crippen molar-refractivity contribution in [1.82, 2.24) is 40.0 Å². The molecule has 7 fully saturated rings. The van der Waals surface area contributed by atoms with Gasteiger partial charge in [-0.05, 0) is 38.5 Å². The molecule has 0 saturated carbocycles. The van der Waals surface area contributed by atoms with E-state index in [2.05, 4.69) is 24.5 Å². The normalized spacial score (nSPS) is 35.3. The Morgan fingerprint density at radius 1 is 0.478 bits per heavy atom. The molecule has 46 heavy (non-hydrogen) atoms. The Morgan fingerprint density at radius 3 is 1.15 bits per heavy atom. The number of carbonyl (C=O) groups is 8. The van der Waals surface area contributed by atoms with Crippen molar-refractivity contribution in [3.63, 3.8) is 0 Å². The van der Waals surface area contributed by atoms with E-state index in [0.717, 1.165) is 25.9 Å². The summed E-state index contributed by atoms with van der Waals surface area (Å²) in [6.07, 6.45) is 1.70. The number of nitrogens with one attached hydrogen (secondary N) is 2. The summed E-state index contributed by atoms with van der Waals surface area (Å²) >= 11 is 0. The molecule has 0 bridgehead atoms. The number of nitrogens with zero attached hydrogens (tertiary/aromatic N) is 6. The molecule has 0 aromatic rings. The van der Waals surface area contributed by atoms with Crippen LogP contribution in [0, 0.1) is 11.8 Å². The van der Waals surface area contributed by atoms with Gasteiger partial charge in [0.15, 0.2) is 0 Å². The third kappa shape index (κ3) is 6.00. The minimum atomic E-state index is -0.655. The molecule has 0 radical (unpaired) electrons. The Kier molecular flexibility index (Phi) is 9.01. The van der Waals surface area contributed by atoms with E-state index in [1.54, 1.807) is 27.9 Å². The first kappa shape index (κ1) is 33.1. The van der Waals surface area contributed by atoms with Crippen LogP contribution in [-0.4, -0.2) is 166 Å². The summed E-state index contributed by atoms with van der Waals surface area (Å²) < 4.78 is 0. The van der Waals surface area contributed by atoms with Gasteiger partial charge in [0, 0.05) is 40.3 Å². The van der Waals surface area contributed by atoms with Crippen LogP contribution >= 0.6 is 0 Å². The van der Waals surface area contributed by atoms with E-state index in [4.69, 9.17) is 0 Å². The zero-order chi connectivity index (χ0) is 33.8. The number of hydrogen-bond acceptors (Lipinski definition) is 8. The molecule has 0 aromatic heterocycles. The van der Waals surface area contributed by atoms with Crippen molar-refractivity contribution in [3.8, 4) is 0 Å². The van der Waals surface area contributed by atoms with Crippen molar-refractivity contribution in [2.75, 3.05) is 53.4 Å². The fourth-order valence-electron chi connectivity index (χ4n) is 7.18. The van der Waals surface area contributed by atoms with Gasteiger partial charge < -0.3 is 40.0 Å². The van der Waals surface area contributed by atoms with Crippen molar-refractivity contribution in [3.05, 3.63) is 0 Å². The van der Waals surface area contributed by atoms with E-state index in [-0.39, 0.29) is 97.6 Å². The molecule has 8 unspecified atom stereocenters. The Morgan fingerprint density at radius 2 is 0.804 bits per heavy atom. The average molecular weight is 645 g/mol. The topological polar surface area (TPSA) is 180 Å². The van der Waals surface area contributed by atoms with Crippen LogP contribution in [0.15, 0.2) is 0 Å². The number of amides is 8. The standard InChI is InChI=1S/C12H16N4O4.C12H18N2O2.C6H10N2O2/c1-13-3-7-11(19)16-6-10(18)14(2)4-8(16)12(20)15(7)5-9(13)17;1-7-3-9-11(15)14-6-8(2)4-10(14)12(16)13(9)5-7;1-3-5(9)8-4(2)6(10)7-3/h7-8H,3-6H2,1-2H3;7-10H,3-6H2,1-2H3;3-4H,1-2H3,(H,7,10)(H,8,9). The Labute approximate surface area is 267 Å². The molecular weight excluding hydrogens is 600 g/mol. The highest BCUT2D eigenvalue weighted by molar-refractivity contribution is 6.03. The SMILES string of the molecule is CC1CC2C(=O)N3CC(C)CC3C(=O)N2C1.CC1NC(=O)C(C)NC1=O.CN1CC2C(=O)N3CC(=O)N(C)CC3C(=O)N2CC1=O. The second-order valence-electron chi connectivity index (χ2n) is 13.7. The molecule has 7 saturated heterocycles. The zero-order valence-electron chi connectivity index (χ0n) is 27.2. The summed E-state index contributed by atoms with van der Waals surface area (Å²) in [5, 5.41) is 5.06.